The largest absolute Gasteiger partial charge is 0.478 e. The van der Waals surface area contributed by atoms with E-state index in [0.29, 0.717) is 26.4 Å². The summed E-state index contributed by atoms with van der Waals surface area (Å²) in [7, 11) is 0. The van der Waals surface area contributed by atoms with Crippen LogP contribution in [-0.2, 0) is 14.9 Å². The fourth-order valence-electron chi connectivity index (χ4n) is 3.69. The molecular formula is C31H40Br8O4. The van der Waals surface area contributed by atoms with E-state index in [0.717, 1.165) is 22.2 Å². The first-order valence-electron chi connectivity index (χ1n) is 13.6. The fraction of sp³-hybridized carbons (Fsp3) is 0.613. The van der Waals surface area contributed by atoms with Crippen molar-refractivity contribution in [1.82, 2.24) is 0 Å². The summed E-state index contributed by atoms with van der Waals surface area (Å²) in [5.41, 5.74) is 2.15. The lowest BCUT2D eigenvalue weighted by molar-refractivity contribution is 0.0860. The highest BCUT2D eigenvalue weighted by Gasteiger charge is 2.35. The van der Waals surface area contributed by atoms with Gasteiger partial charge >= 0.3 is 0 Å². The van der Waals surface area contributed by atoms with Gasteiger partial charge in [0.15, 0.2) is 10.0 Å². The van der Waals surface area contributed by atoms with Crippen LogP contribution in [0.25, 0.3) is 0 Å². The molecule has 2 aromatic rings. The summed E-state index contributed by atoms with van der Waals surface area (Å²) in [6.07, 6.45) is 0. The Morgan fingerprint density at radius 1 is 0.535 bits per heavy atom. The van der Waals surface area contributed by atoms with Crippen LogP contribution in [0.15, 0.2) is 48.5 Å². The summed E-state index contributed by atoms with van der Waals surface area (Å²) in [5.74, 6) is 1.56. The predicted molar refractivity (Wildman–Crippen MR) is 210 cm³/mol. The molecule has 0 saturated carbocycles. The van der Waals surface area contributed by atoms with Gasteiger partial charge in [-0.3, -0.25) is 0 Å². The van der Waals surface area contributed by atoms with Gasteiger partial charge in [-0.25, -0.2) is 0 Å². The first-order valence-corrected chi connectivity index (χ1v) is 20.8. The highest BCUT2D eigenvalue weighted by Crippen LogP contribution is 2.37. The molecule has 0 aliphatic rings. The normalized spacial score (nSPS) is 19.3. The molecule has 244 valence electrons. The van der Waals surface area contributed by atoms with E-state index in [2.05, 4.69) is 179 Å². The summed E-state index contributed by atoms with van der Waals surface area (Å²) in [6, 6.07) is 16.5. The second-order valence-electron chi connectivity index (χ2n) is 12.2. The molecule has 2 aromatic carbocycles. The monoisotopic (exact) mass is 1110 g/mol. The van der Waals surface area contributed by atoms with Crippen molar-refractivity contribution < 1.29 is 18.9 Å². The van der Waals surface area contributed by atoms with Crippen molar-refractivity contribution in [3.63, 3.8) is 0 Å². The van der Waals surface area contributed by atoms with Crippen molar-refractivity contribution in [2.24, 2.45) is 0 Å². The minimum Gasteiger partial charge on any atom is -0.478 e. The van der Waals surface area contributed by atoms with Gasteiger partial charge in [0.05, 0.1) is 43.7 Å². The van der Waals surface area contributed by atoms with E-state index >= 15 is 0 Å². The van der Waals surface area contributed by atoms with Gasteiger partial charge in [-0.1, -0.05) is 134 Å². The molecule has 0 heterocycles. The maximum Gasteiger partial charge on any atom is 0.170 e. The lowest BCUT2D eigenvalue weighted by Gasteiger charge is -2.31. The molecule has 0 saturated heterocycles. The molecule has 2 rings (SSSR count). The molecule has 6 unspecified atom stereocenters. The number of hydrogen-bond donors (Lipinski definition) is 0. The average Bonchev–Trinajstić information content (AvgIpc) is 2.93. The Bertz CT molecular complexity index is 1030. The molecule has 0 aliphatic carbocycles. The highest BCUT2D eigenvalue weighted by atomic mass is 79.9. The Labute approximate surface area is 325 Å². The van der Waals surface area contributed by atoms with Crippen LogP contribution in [0, 0.1) is 0 Å². The number of ether oxygens (including phenoxy) is 4. The van der Waals surface area contributed by atoms with Crippen LogP contribution in [0.3, 0.4) is 0 Å². The molecule has 0 aromatic heterocycles. The zero-order valence-electron chi connectivity index (χ0n) is 25.2. The number of alkyl halides is 8. The Hall–Kier alpha value is 1.80. The minimum absolute atomic E-state index is 0.113. The standard InChI is InChI=1S/C31H40Br8O4/c1-27(2,21-7-11-23(12-8-21)42-25(34)30(5,38)19-40-17-28(3,36)15-32)22-9-13-24(14-10-22)43-26(35)31(6,39)20-41-18-29(4,37)16-33/h7-14,25-26H,15-20H2,1-6H3. The van der Waals surface area contributed by atoms with Crippen LogP contribution in [-0.4, -0.2) is 64.4 Å². The number of halogens is 8. The maximum absolute atomic E-state index is 6.22. The van der Waals surface area contributed by atoms with Crippen molar-refractivity contribution in [2.45, 2.75) is 74.3 Å². The van der Waals surface area contributed by atoms with E-state index < -0.39 is 8.65 Å². The van der Waals surface area contributed by atoms with Gasteiger partial charge in [-0.15, -0.1) is 0 Å². The molecule has 0 radical (unpaired) electrons. The summed E-state index contributed by atoms with van der Waals surface area (Å²) >= 11 is 29.3. The summed E-state index contributed by atoms with van der Waals surface area (Å²) in [5, 5.41) is 1.02. The first-order chi connectivity index (χ1) is 19.7. The third kappa shape index (κ3) is 13.3. The van der Waals surface area contributed by atoms with Gasteiger partial charge < -0.3 is 18.9 Å². The van der Waals surface area contributed by atoms with E-state index in [4.69, 9.17) is 18.9 Å². The second kappa shape index (κ2) is 17.5. The molecule has 12 heteroatoms. The Kier molecular flexibility index (Phi) is 16.6. The third-order valence-corrected chi connectivity index (χ3v) is 16.6. The summed E-state index contributed by atoms with van der Waals surface area (Å²) < 4.78 is 23.3. The van der Waals surface area contributed by atoms with Crippen LogP contribution in [0.5, 0.6) is 11.5 Å². The predicted octanol–water partition coefficient (Wildman–Crippen LogP) is 11.6. The van der Waals surface area contributed by atoms with Crippen molar-refractivity contribution in [1.29, 1.82) is 0 Å². The van der Waals surface area contributed by atoms with E-state index in [-0.39, 0.29) is 24.1 Å². The second-order valence-corrected chi connectivity index (χ2v) is 22.4. The average molecular weight is 1120 g/mol. The molecule has 0 amide bonds. The van der Waals surface area contributed by atoms with Gasteiger partial charge in [0.25, 0.3) is 0 Å². The molecule has 0 bridgehead atoms. The molecule has 4 nitrogen and oxygen atoms in total. The van der Waals surface area contributed by atoms with E-state index in [9.17, 15) is 0 Å². The molecule has 0 aliphatic heterocycles. The van der Waals surface area contributed by atoms with Crippen molar-refractivity contribution in [3.8, 4) is 11.5 Å². The lowest BCUT2D eigenvalue weighted by Crippen LogP contribution is -2.39. The van der Waals surface area contributed by atoms with Crippen LogP contribution < -0.4 is 9.47 Å². The van der Waals surface area contributed by atoms with Gasteiger partial charge in [0.1, 0.15) is 11.5 Å². The zero-order valence-corrected chi connectivity index (χ0v) is 37.9. The third-order valence-electron chi connectivity index (χ3n) is 6.71. The molecule has 0 N–H and O–H groups in total. The van der Waals surface area contributed by atoms with Crippen LogP contribution in [0.4, 0.5) is 0 Å². The topological polar surface area (TPSA) is 36.9 Å². The quantitative estimate of drug-likeness (QED) is 0.139. The van der Waals surface area contributed by atoms with Crippen molar-refractivity contribution in [2.75, 3.05) is 37.1 Å². The minimum atomic E-state index is -0.417. The van der Waals surface area contributed by atoms with Gasteiger partial charge in [0, 0.05) is 16.1 Å². The Balaban J connectivity index is 1.99. The van der Waals surface area contributed by atoms with Crippen LogP contribution >= 0.6 is 127 Å². The fourth-order valence-corrected chi connectivity index (χ4v) is 5.54. The number of hydrogen-bond acceptors (Lipinski definition) is 4. The van der Waals surface area contributed by atoms with Crippen molar-refractivity contribution in [3.05, 3.63) is 59.7 Å². The van der Waals surface area contributed by atoms with Gasteiger partial charge in [-0.2, -0.15) is 0 Å². The van der Waals surface area contributed by atoms with E-state index in [1.165, 1.54) is 11.1 Å². The summed E-state index contributed by atoms with van der Waals surface area (Å²) in [6.45, 7) is 14.8. The molecule has 0 fully saturated rings. The van der Waals surface area contributed by atoms with E-state index in [1.54, 1.807) is 0 Å². The highest BCUT2D eigenvalue weighted by molar-refractivity contribution is 9.13. The van der Waals surface area contributed by atoms with E-state index in [1.807, 2.05) is 38.1 Å². The lowest BCUT2D eigenvalue weighted by atomic mass is 9.78. The number of rotatable bonds is 18. The van der Waals surface area contributed by atoms with Crippen molar-refractivity contribution >= 4 is 127 Å². The Morgan fingerprint density at radius 3 is 1.12 bits per heavy atom. The molecule has 0 spiro atoms. The van der Waals surface area contributed by atoms with Crippen LogP contribution in [0.1, 0.15) is 52.7 Å². The first kappa shape index (κ1) is 41.0. The number of benzene rings is 2. The smallest absolute Gasteiger partial charge is 0.170 e. The maximum atomic E-state index is 6.22. The Morgan fingerprint density at radius 2 is 0.837 bits per heavy atom. The molecule has 6 atom stereocenters. The van der Waals surface area contributed by atoms with Gasteiger partial charge in [-0.05, 0) is 94.9 Å². The molecular weight excluding hydrogens is 1080 g/mol. The van der Waals surface area contributed by atoms with Crippen LogP contribution in [0.2, 0.25) is 0 Å². The van der Waals surface area contributed by atoms with Gasteiger partial charge in [0.2, 0.25) is 0 Å². The SMILES string of the molecule is CC(Br)(CBr)COCC(C)(Br)C(Br)Oc1ccc(C(C)(C)c2ccc(OC(Br)C(C)(Br)COCC(C)(Br)CBr)cc2)cc1. The molecule has 43 heavy (non-hydrogen) atoms. The zero-order chi connectivity index (χ0) is 32.7. The summed E-state index contributed by atoms with van der Waals surface area (Å²) in [4.78, 5) is 0.